The fraction of sp³-hybridized carbons (Fsp3) is 0.462. The molecule has 0 aromatic heterocycles. The van der Waals surface area contributed by atoms with E-state index in [0.717, 1.165) is 0 Å². The molecule has 1 fully saturated rings. The molecule has 114 valence electrons. The van der Waals surface area contributed by atoms with Crippen molar-refractivity contribution in [2.75, 3.05) is 36.9 Å². The van der Waals surface area contributed by atoms with E-state index in [4.69, 9.17) is 5.26 Å². The van der Waals surface area contributed by atoms with Crippen molar-refractivity contribution in [1.82, 2.24) is 4.90 Å². The Morgan fingerprint density at radius 3 is 2.24 bits per heavy atom. The van der Waals surface area contributed by atoms with E-state index < -0.39 is 19.7 Å². The van der Waals surface area contributed by atoms with E-state index >= 15 is 0 Å². The molecule has 1 heterocycles. The molecule has 21 heavy (non-hydrogen) atoms. The lowest BCUT2D eigenvalue weighted by Gasteiger charge is -2.26. The van der Waals surface area contributed by atoms with Gasteiger partial charge in [0.05, 0.1) is 33.8 Å². The van der Waals surface area contributed by atoms with Crippen LogP contribution in [0.3, 0.4) is 0 Å². The first-order valence-corrected chi connectivity index (χ1v) is 9.95. The number of hydrogen-bond acceptors (Lipinski definition) is 6. The van der Waals surface area contributed by atoms with Gasteiger partial charge in [-0.25, -0.2) is 16.8 Å². The van der Waals surface area contributed by atoms with Gasteiger partial charge in [0.2, 0.25) is 0 Å². The van der Waals surface area contributed by atoms with Gasteiger partial charge in [0, 0.05) is 19.6 Å². The molecule has 8 heteroatoms. The highest BCUT2D eigenvalue weighted by atomic mass is 32.2. The lowest BCUT2D eigenvalue weighted by atomic mass is 10.2. The molecule has 1 aliphatic rings. The van der Waals surface area contributed by atoms with E-state index in [1.165, 1.54) is 24.3 Å². The third-order valence-electron chi connectivity index (χ3n) is 3.46. The molecular formula is C13H16N2O4S2. The van der Waals surface area contributed by atoms with Crippen molar-refractivity contribution in [2.24, 2.45) is 0 Å². The molecule has 6 nitrogen and oxygen atoms in total. The van der Waals surface area contributed by atoms with Gasteiger partial charge >= 0.3 is 0 Å². The van der Waals surface area contributed by atoms with E-state index in [0.29, 0.717) is 25.2 Å². The van der Waals surface area contributed by atoms with E-state index in [-0.39, 0.29) is 22.2 Å². The number of sulfone groups is 2. The Bertz CT molecular complexity index is 732. The first-order valence-electron chi connectivity index (χ1n) is 6.48. The smallest absolute Gasteiger partial charge is 0.179 e. The average Bonchev–Trinajstić information content (AvgIpc) is 2.46. The maximum absolute atomic E-state index is 12.2. The van der Waals surface area contributed by atoms with E-state index in [9.17, 15) is 16.8 Å². The topological polar surface area (TPSA) is 95.3 Å². The fourth-order valence-electron chi connectivity index (χ4n) is 2.08. The van der Waals surface area contributed by atoms with Gasteiger partial charge in [0.25, 0.3) is 0 Å². The Labute approximate surface area is 124 Å². The summed E-state index contributed by atoms with van der Waals surface area (Å²) >= 11 is 0. The molecule has 2 rings (SSSR count). The maximum atomic E-state index is 12.2. The lowest BCUT2D eigenvalue weighted by molar-refractivity contribution is 0.312. The Balaban J connectivity index is 1.97. The molecule has 0 spiro atoms. The van der Waals surface area contributed by atoms with Crippen LogP contribution >= 0.6 is 0 Å². The van der Waals surface area contributed by atoms with Gasteiger partial charge in [-0.05, 0) is 24.3 Å². The summed E-state index contributed by atoms with van der Waals surface area (Å²) in [7, 11) is -6.36. The summed E-state index contributed by atoms with van der Waals surface area (Å²) < 4.78 is 47.0. The molecule has 1 saturated heterocycles. The molecule has 1 aliphatic heterocycles. The first kappa shape index (κ1) is 15.9. The van der Waals surface area contributed by atoms with Crippen LogP contribution in [0.5, 0.6) is 0 Å². The molecule has 1 aromatic rings. The third-order valence-corrected chi connectivity index (χ3v) is 6.78. The zero-order chi connectivity index (χ0) is 15.5. The first-order chi connectivity index (χ1) is 9.82. The predicted molar refractivity (Wildman–Crippen MR) is 78.3 cm³/mol. The molecule has 0 atom stereocenters. The molecule has 0 unspecified atom stereocenters. The maximum Gasteiger partial charge on any atom is 0.179 e. The minimum atomic E-state index is -3.41. The van der Waals surface area contributed by atoms with E-state index in [2.05, 4.69) is 0 Å². The van der Waals surface area contributed by atoms with Crippen LogP contribution in [-0.2, 0) is 19.7 Å². The van der Waals surface area contributed by atoms with Crippen molar-refractivity contribution in [3.05, 3.63) is 29.8 Å². The number of hydrogen-bond donors (Lipinski definition) is 0. The molecular weight excluding hydrogens is 312 g/mol. The Hall–Kier alpha value is -1.43. The van der Waals surface area contributed by atoms with Gasteiger partial charge in [-0.2, -0.15) is 5.26 Å². The molecule has 0 amide bonds. The second-order valence-corrected chi connectivity index (χ2v) is 9.36. The van der Waals surface area contributed by atoms with Crippen LogP contribution < -0.4 is 0 Å². The standard InChI is InChI=1S/C13H16N2O4S2/c14-11-12-1-3-13(4-2-12)21(18,19)10-7-15-5-8-20(16,17)9-6-15/h1-4H,5-10H2. The highest BCUT2D eigenvalue weighted by Crippen LogP contribution is 2.13. The summed E-state index contributed by atoms with van der Waals surface area (Å²) in [6.07, 6.45) is 0. The minimum Gasteiger partial charge on any atom is -0.300 e. The van der Waals surface area contributed by atoms with Gasteiger partial charge in [-0.3, -0.25) is 0 Å². The van der Waals surface area contributed by atoms with Crippen molar-refractivity contribution < 1.29 is 16.8 Å². The van der Waals surface area contributed by atoms with Crippen molar-refractivity contribution >= 4 is 19.7 Å². The highest BCUT2D eigenvalue weighted by molar-refractivity contribution is 7.91. The molecule has 0 bridgehead atoms. The fourth-order valence-corrected chi connectivity index (χ4v) is 4.64. The number of nitriles is 1. The highest BCUT2D eigenvalue weighted by Gasteiger charge is 2.23. The average molecular weight is 328 g/mol. The van der Waals surface area contributed by atoms with Crippen LogP contribution in [0.1, 0.15) is 5.56 Å². The van der Waals surface area contributed by atoms with Crippen molar-refractivity contribution in [2.45, 2.75) is 4.90 Å². The SMILES string of the molecule is N#Cc1ccc(S(=O)(=O)CCN2CCS(=O)(=O)CC2)cc1. The van der Waals surface area contributed by atoms with Crippen LogP contribution in [0.15, 0.2) is 29.2 Å². The molecule has 0 saturated carbocycles. The van der Waals surface area contributed by atoms with Crippen LogP contribution in [-0.4, -0.2) is 58.6 Å². The minimum absolute atomic E-state index is 0.0566. The second kappa shape index (κ2) is 6.13. The molecule has 1 aromatic carbocycles. The summed E-state index contributed by atoms with van der Waals surface area (Å²) in [5.41, 5.74) is 0.412. The van der Waals surface area contributed by atoms with Crippen LogP contribution in [0.25, 0.3) is 0 Å². The summed E-state index contributed by atoms with van der Waals surface area (Å²) in [6, 6.07) is 7.73. The summed E-state index contributed by atoms with van der Waals surface area (Å²) in [6.45, 7) is 1.08. The zero-order valence-corrected chi connectivity index (χ0v) is 13.0. The normalized spacial score (nSPS) is 19.0. The van der Waals surface area contributed by atoms with Crippen molar-refractivity contribution in [3.8, 4) is 6.07 Å². The number of rotatable bonds is 4. The van der Waals surface area contributed by atoms with Gasteiger partial charge in [-0.15, -0.1) is 0 Å². The van der Waals surface area contributed by atoms with E-state index in [1.54, 1.807) is 0 Å². The quantitative estimate of drug-likeness (QED) is 0.776. The van der Waals surface area contributed by atoms with Crippen molar-refractivity contribution in [3.63, 3.8) is 0 Å². The van der Waals surface area contributed by atoms with Gasteiger partial charge < -0.3 is 4.90 Å². The Morgan fingerprint density at radius 1 is 1.14 bits per heavy atom. The van der Waals surface area contributed by atoms with Crippen LogP contribution in [0.2, 0.25) is 0 Å². The van der Waals surface area contributed by atoms with Gasteiger partial charge in [-0.1, -0.05) is 0 Å². The summed E-state index contributed by atoms with van der Waals surface area (Å²) in [5.74, 6) is 0.118. The van der Waals surface area contributed by atoms with Crippen LogP contribution in [0.4, 0.5) is 0 Å². The molecule has 0 aliphatic carbocycles. The summed E-state index contributed by atoms with van der Waals surface area (Å²) in [4.78, 5) is 2.04. The monoisotopic (exact) mass is 328 g/mol. The van der Waals surface area contributed by atoms with Crippen molar-refractivity contribution in [1.29, 1.82) is 5.26 Å². The largest absolute Gasteiger partial charge is 0.300 e. The zero-order valence-electron chi connectivity index (χ0n) is 11.4. The Morgan fingerprint density at radius 2 is 1.71 bits per heavy atom. The Kier molecular flexibility index (Phi) is 4.66. The molecule has 0 N–H and O–H groups in total. The summed E-state index contributed by atoms with van der Waals surface area (Å²) in [5, 5.41) is 8.69. The second-order valence-electron chi connectivity index (χ2n) is 4.95. The predicted octanol–water partition coefficient (Wildman–Crippen LogP) is 0.0624. The number of benzene rings is 1. The van der Waals surface area contributed by atoms with Crippen LogP contribution in [0, 0.1) is 11.3 Å². The van der Waals surface area contributed by atoms with E-state index in [1.807, 2.05) is 11.0 Å². The third kappa shape index (κ3) is 4.27. The molecule has 0 radical (unpaired) electrons. The number of nitrogens with zero attached hydrogens (tertiary/aromatic N) is 2. The lowest BCUT2D eigenvalue weighted by Crippen LogP contribution is -2.42. The van der Waals surface area contributed by atoms with Gasteiger partial charge in [0.1, 0.15) is 0 Å². The van der Waals surface area contributed by atoms with Gasteiger partial charge in [0.15, 0.2) is 19.7 Å².